The third-order valence-corrected chi connectivity index (χ3v) is 4.23. The Labute approximate surface area is 105 Å². The van der Waals surface area contributed by atoms with Crippen LogP contribution in [0.4, 0.5) is 5.82 Å². The summed E-state index contributed by atoms with van der Waals surface area (Å²) in [6, 6.07) is 0.586. The number of nitrogens with one attached hydrogen (secondary N) is 1. The number of hydrogen-bond donors (Lipinski definition) is 1. The summed E-state index contributed by atoms with van der Waals surface area (Å²) < 4.78 is 1.81. The van der Waals surface area contributed by atoms with Crippen molar-refractivity contribution in [3.8, 4) is 0 Å². The maximum Gasteiger partial charge on any atom is 0.163 e. The number of hydrogen-bond acceptors (Lipinski definition) is 5. The van der Waals surface area contributed by atoms with Crippen LogP contribution in [0.5, 0.6) is 0 Å². The molecule has 0 aromatic carbocycles. The molecule has 2 aliphatic heterocycles. The van der Waals surface area contributed by atoms with Crippen molar-refractivity contribution < 1.29 is 0 Å². The molecule has 94 valence electrons. The highest BCUT2D eigenvalue weighted by Crippen LogP contribution is 2.33. The van der Waals surface area contributed by atoms with Gasteiger partial charge in [0, 0.05) is 32.7 Å². The Morgan fingerprint density at radius 2 is 2.28 bits per heavy atom. The zero-order valence-corrected chi connectivity index (χ0v) is 10.4. The van der Waals surface area contributed by atoms with Crippen molar-refractivity contribution in [3.05, 3.63) is 12.5 Å². The minimum atomic E-state index is 0.586. The molecule has 2 aromatic rings. The molecule has 18 heavy (non-hydrogen) atoms. The van der Waals surface area contributed by atoms with Crippen LogP contribution in [-0.2, 0) is 7.05 Å². The van der Waals surface area contributed by atoms with E-state index in [2.05, 4.69) is 25.3 Å². The fraction of sp³-hybridized carbons (Fsp3) is 0.583. The first-order valence-corrected chi connectivity index (χ1v) is 6.44. The molecule has 6 heteroatoms. The van der Waals surface area contributed by atoms with E-state index in [0.717, 1.165) is 42.4 Å². The number of aryl methyl sites for hydroxylation is 1. The van der Waals surface area contributed by atoms with Gasteiger partial charge in [0.25, 0.3) is 0 Å². The van der Waals surface area contributed by atoms with Crippen LogP contribution in [0.2, 0.25) is 0 Å². The van der Waals surface area contributed by atoms with E-state index in [1.165, 1.54) is 6.42 Å². The molecule has 1 N–H and O–H groups in total. The van der Waals surface area contributed by atoms with Crippen LogP contribution < -0.4 is 10.2 Å². The maximum absolute atomic E-state index is 4.50. The van der Waals surface area contributed by atoms with Crippen molar-refractivity contribution in [2.75, 3.05) is 24.5 Å². The second-order valence-electron chi connectivity index (χ2n) is 5.17. The summed E-state index contributed by atoms with van der Waals surface area (Å²) in [6.45, 7) is 3.30. The van der Waals surface area contributed by atoms with Gasteiger partial charge in [0.1, 0.15) is 12.1 Å². The molecule has 2 saturated heterocycles. The van der Waals surface area contributed by atoms with Crippen molar-refractivity contribution in [2.45, 2.75) is 12.5 Å². The molecule has 4 rings (SSSR count). The Morgan fingerprint density at radius 3 is 3.22 bits per heavy atom. The van der Waals surface area contributed by atoms with Gasteiger partial charge in [-0.3, -0.25) is 4.68 Å². The number of fused-ring (bicyclic) bond motifs is 2. The fourth-order valence-corrected chi connectivity index (χ4v) is 3.29. The van der Waals surface area contributed by atoms with Gasteiger partial charge in [0.2, 0.25) is 0 Å². The Bertz CT molecular complexity index is 591. The molecule has 2 atom stereocenters. The number of rotatable bonds is 1. The zero-order valence-electron chi connectivity index (χ0n) is 10.4. The molecule has 2 aromatic heterocycles. The van der Waals surface area contributed by atoms with E-state index in [1.54, 1.807) is 11.0 Å². The molecule has 0 spiro atoms. The van der Waals surface area contributed by atoms with E-state index < -0.39 is 0 Å². The van der Waals surface area contributed by atoms with Gasteiger partial charge in [0.05, 0.1) is 11.6 Å². The summed E-state index contributed by atoms with van der Waals surface area (Å²) in [5.41, 5.74) is 0.911. The van der Waals surface area contributed by atoms with Gasteiger partial charge in [-0.25, -0.2) is 9.97 Å². The molecule has 2 fully saturated rings. The lowest BCUT2D eigenvalue weighted by atomic mass is 10.1. The summed E-state index contributed by atoms with van der Waals surface area (Å²) in [6.07, 6.45) is 4.78. The van der Waals surface area contributed by atoms with Crippen LogP contribution in [-0.4, -0.2) is 45.4 Å². The standard InChI is InChI=1S/C12H16N6/c1-17-11-9(5-16-17)12(15-7-14-11)18-3-2-8-4-13-6-10(8)18/h5,7-8,10,13H,2-4,6H2,1H3/t8-,10+/m0/s1. The average molecular weight is 244 g/mol. The second kappa shape index (κ2) is 3.65. The third-order valence-electron chi connectivity index (χ3n) is 4.23. The van der Waals surface area contributed by atoms with E-state index in [0.29, 0.717) is 6.04 Å². The lowest BCUT2D eigenvalue weighted by Gasteiger charge is -2.24. The van der Waals surface area contributed by atoms with Gasteiger partial charge in [0.15, 0.2) is 5.65 Å². The fourth-order valence-electron chi connectivity index (χ4n) is 3.29. The normalized spacial score (nSPS) is 27.1. The SMILES string of the molecule is Cn1ncc2c(N3CC[C@H]4CNC[C@H]43)ncnc21. The van der Waals surface area contributed by atoms with E-state index in [1.807, 2.05) is 13.2 Å². The van der Waals surface area contributed by atoms with Crippen LogP contribution in [0.3, 0.4) is 0 Å². The Kier molecular flexibility index (Phi) is 2.08. The molecule has 0 saturated carbocycles. The second-order valence-corrected chi connectivity index (χ2v) is 5.17. The minimum Gasteiger partial charge on any atom is -0.351 e. The Balaban J connectivity index is 1.82. The minimum absolute atomic E-state index is 0.586. The van der Waals surface area contributed by atoms with Crippen LogP contribution in [0.1, 0.15) is 6.42 Å². The first-order valence-electron chi connectivity index (χ1n) is 6.44. The van der Waals surface area contributed by atoms with E-state index >= 15 is 0 Å². The largest absolute Gasteiger partial charge is 0.351 e. The quantitative estimate of drug-likeness (QED) is 0.774. The van der Waals surface area contributed by atoms with Gasteiger partial charge < -0.3 is 10.2 Å². The number of aromatic nitrogens is 4. The lowest BCUT2D eigenvalue weighted by Crippen LogP contribution is -2.34. The molecule has 0 amide bonds. The molecule has 0 bridgehead atoms. The number of anilines is 1. The van der Waals surface area contributed by atoms with Crippen LogP contribution in [0, 0.1) is 5.92 Å². The Hall–Kier alpha value is -1.69. The van der Waals surface area contributed by atoms with Gasteiger partial charge in [-0.15, -0.1) is 0 Å². The highest BCUT2D eigenvalue weighted by molar-refractivity contribution is 5.86. The van der Waals surface area contributed by atoms with E-state index in [9.17, 15) is 0 Å². The predicted octanol–water partition coefficient (Wildman–Crippen LogP) is 0.161. The molecule has 0 radical (unpaired) electrons. The highest BCUT2D eigenvalue weighted by Gasteiger charge is 2.38. The third kappa shape index (κ3) is 1.29. The van der Waals surface area contributed by atoms with Crippen molar-refractivity contribution in [1.82, 2.24) is 25.1 Å². The molecule has 2 aliphatic rings. The summed E-state index contributed by atoms with van der Waals surface area (Å²) in [7, 11) is 1.92. The first-order chi connectivity index (χ1) is 8.84. The number of nitrogens with zero attached hydrogens (tertiary/aromatic N) is 5. The summed E-state index contributed by atoms with van der Waals surface area (Å²) in [5.74, 6) is 1.82. The average Bonchev–Trinajstić information content (AvgIpc) is 3.04. The highest BCUT2D eigenvalue weighted by atomic mass is 15.3. The van der Waals surface area contributed by atoms with Crippen molar-refractivity contribution in [2.24, 2.45) is 13.0 Å². The van der Waals surface area contributed by atoms with Gasteiger partial charge >= 0.3 is 0 Å². The van der Waals surface area contributed by atoms with Crippen molar-refractivity contribution >= 4 is 16.9 Å². The van der Waals surface area contributed by atoms with E-state index in [4.69, 9.17) is 0 Å². The molecular formula is C12H16N6. The summed E-state index contributed by atoms with van der Waals surface area (Å²) in [5, 5.41) is 8.82. The Morgan fingerprint density at radius 1 is 1.33 bits per heavy atom. The molecule has 0 aliphatic carbocycles. The van der Waals surface area contributed by atoms with E-state index in [-0.39, 0.29) is 0 Å². The van der Waals surface area contributed by atoms with Crippen LogP contribution in [0.25, 0.3) is 11.0 Å². The maximum atomic E-state index is 4.50. The topological polar surface area (TPSA) is 58.9 Å². The zero-order chi connectivity index (χ0) is 12.1. The molecular weight excluding hydrogens is 228 g/mol. The molecule has 6 nitrogen and oxygen atoms in total. The summed E-state index contributed by atoms with van der Waals surface area (Å²) in [4.78, 5) is 11.2. The summed E-state index contributed by atoms with van der Waals surface area (Å²) >= 11 is 0. The lowest BCUT2D eigenvalue weighted by molar-refractivity contribution is 0.578. The van der Waals surface area contributed by atoms with Crippen molar-refractivity contribution in [1.29, 1.82) is 0 Å². The van der Waals surface area contributed by atoms with Crippen LogP contribution >= 0.6 is 0 Å². The smallest absolute Gasteiger partial charge is 0.163 e. The monoisotopic (exact) mass is 244 g/mol. The van der Waals surface area contributed by atoms with Crippen molar-refractivity contribution in [3.63, 3.8) is 0 Å². The first kappa shape index (κ1) is 10.3. The predicted molar refractivity (Wildman–Crippen MR) is 68.4 cm³/mol. The van der Waals surface area contributed by atoms with Crippen LogP contribution in [0.15, 0.2) is 12.5 Å². The molecule has 4 heterocycles. The molecule has 0 unspecified atom stereocenters. The van der Waals surface area contributed by atoms with Gasteiger partial charge in [-0.05, 0) is 12.3 Å². The van der Waals surface area contributed by atoms with Gasteiger partial charge in [-0.2, -0.15) is 5.10 Å². The van der Waals surface area contributed by atoms with Gasteiger partial charge in [-0.1, -0.05) is 0 Å².